The van der Waals surface area contributed by atoms with Gasteiger partial charge in [0.2, 0.25) is 0 Å². The number of aliphatic hydroxyl groups is 1. The molecule has 0 amide bonds. The van der Waals surface area contributed by atoms with Crippen LogP contribution in [0.4, 0.5) is 0 Å². The Bertz CT molecular complexity index is 348. The molecule has 1 aromatic carbocycles. The molecule has 0 aliphatic carbocycles. The lowest BCUT2D eigenvalue weighted by atomic mass is 9.90. The summed E-state index contributed by atoms with van der Waals surface area (Å²) in [6.07, 6.45) is 2.82. The zero-order valence-corrected chi connectivity index (χ0v) is 10.4. The van der Waals surface area contributed by atoms with Gasteiger partial charge in [-0.2, -0.15) is 0 Å². The highest BCUT2D eigenvalue weighted by atomic mass is 16.5. The molecule has 0 radical (unpaired) electrons. The lowest BCUT2D eigenvalue weighted by molar-refractivity contribution is 0.133. The van der Waals surface area contributed by atoms with E-state index in [-0.39, 0.29) is 6.10 Å². The van der Waals surface area contributed by atoms with Crippen LogP contribution >= 0.6 is 0 Å². The van der Waals surface area contributed by atoms with Crippen molar-refractivity contribution < 1.29 is 9.84 Å². The van der Waals surface area contributed by atoms with E-state index in [1.165, 1.54) is 12.8 Å². The van der Waals surface area contributed by atoms with Gasteiger partial charge in [0.05, 0.1) is 13.2 Å². The van der Waals surface area contributed by atoms with Crippen molar-refractivity contribution in [3.8, 4) is 5.75 Å². The van der Waals surface area contributed by atoms with Gasteiger partial charge in [-0.1, -0.05) is 12.1 Å². The van der Waals surface area contributed by atoms with Gasteiger partial charge in [0.25, 0.3) is 0 Å². The molecule has 1 unspecified atom stereocenters. The molecule has 3 nitrogen and oxygen atoms in total. The predicted octanol–water partition coefficient (Wildman–Crippen LogP) is 2.12. The minimum atomic E-state index is -0.367. The van der Waals surface area contributed by atoms with Crippen molar-refractivity contribution >= 4 is 0 Å². The van der Waals surface area contributed by atoms with E-state index in [9.17, 15) is 5.11 Å². The van der Waals surface area contributed by atoms with E-state index in [1.807, 2.05) is 24.3 Å². The molecule has 1 aliphatic rings. The Kier molecular flexibility index (Phi) is 4.40. The zero-order chi connectivity index (χ0) is 12.1. The summed E-state index contributed by atoms with van der Waals surface area (Å²) >= 11 is 0. The van der Waals surface area contributed by atoms with Crippen LogP contribution in [-0.2, 0) is 0 Å². The molecule has 0 saturated carbocycles. The maximum absolute atomic E-state index is 10.2. The van der Waals surface area contributed by atoms with Gasteiger partial charge in [-0.15, -0.1) is 0 Å². The summed E-state index contributed by atoms with van der Waals surface area (Å²) in [5.74, 6) is 1.45. The number of ether oxygens (including phenoxy) is 1. The molecule has 0 aromatic heterocycles. The molecule has 3 heteroatoms. The largest absolute Gasteiger partial charge is 0.497 e. The monoisotopic (exact) mass is 235 g/mol. The second-order valence-electron chi connectivity index (χ2n) is 4.72. The number of aliphatic hydroxyl groups excluding tert-OH is 1. The smallest absolute Gasteiger partial charge is 0.119 e. The average Bonchev–Trinajstić information content (AvgIpc) is 2.40. The minimum Gasteiger partial charge on any atom is -0.497 e. The Labute approximate surface area is 103 Å². The van der Waals surface area contributed by atoms with E-state index in [1.54, 1.807) is 7.11 Å². The summed E-state index contributed by atoms with van der Waals surface area (Å²) in [6, 6.07) is 7.72. The first-order chi connectivity index (χ1) is 8.29. The van der Waals surface area contributed by atoms with Crippen molar-refractivity contribution in [2.24, 2.45) is 5.92 Å². The summed E-state index contributed by atoms with van der Waals surface area (Å²) in [5.41, 5.74) is 0.961. The summed E-state index contributed by atoms with van der Waals surface area (Å²) in [4.78, 5) is 0. The van der Waals surface area contributed by atoms with E-state index in [4.69, 9.17) is 4.74 Å². The Morgan fingerprint density at radius 1 is 1.41 bits per heavy atom. The number of hydrogen-bond donors (Lipinski definition) is 2. The third-order valence-corrected chi connectivity index (χ3v) is 3.49. The summed E-state index contributed by atoms with van der Waals surface area (Å²) in [7, 11) is 1.65. The van der Waals surface area contributed by atoms with E-state index in [0.29, 0.717) is 5.92 Å². The molecule has 1 fully saturated rings. The van der Waals surface area contributed by atoms with Crippen molar-refractivity contribution in [1.82, 2.24) is 5.32 Å². The number of rotatable bonds is 4. The Morgan fingerprint density at radius 3 is 2.88 bits per heavy atom. The van der Waals surface area contributed by atoms with Crippen LogP contribution < -0.4 is 10.1 Å². The molecule has 1 heterocycles. The second-order valence-corrected chi connectivity index (χ2v) is 4.72. The fraction of sp³-hybridized carbons (Fsp3) is 0.571. The molecule has 1 saturated heterocycles. The predicted molar refractivity (Wildman–Crippen MR) is 68.2 cm³/mol. The average molecular weight is 235 g/mol. The topological polar surface area (TPSA) is 41.5 Å². The second kappa shape index (κ2) is 6.03. The molecule has 2 N–H and O–H groups in total. The highest BCUT2D eigenvalue weighted by Crippen LogP contribution is 2.28. The van der Waals surface area contributed by atoms with E-state index < -0.39 is 0 Å². The summed E-state index contributed by atoms with van der Waals surface area (Å²) < 4.78 is 5.17. The van der Waals surface area contributed by atoms with Gasteiger partial charge in [0.15, 0.2) is 0 Å². The lowest BCUT2D eigenvalue weighted by Crippen LogP contribution is -2.28. The lowest BCUT2D eigenvalue weighted by Gasteiger charge is -2.25. The number of benzene rings is 1. The molecule has 0 spiro atoms. The molecule has 1 aromatic rings. The summed E-state index contributed by atoms with van der Waals surface area (Å²) in [6.45, 7) is 2.16. The third kappa shape index (κ3) is 3.45. The Morgan fingerprint density at radius 2 is 2.18 bits per heavy atom. The summed E-state index contributed by atoms with van der Waals surface area (Å²) in [5, 5.41) is 13.6. The van der Waals surface area contributed by atoms with Crippen molar-refractivity contribution in [1.29, 1.82) is 0 Å². The molecule has 2 rings (SSSR count). The Balaban J connectivity index is 1.95. The van der Waals surface area contributed by atoms with E-state index in [0.717, 1.165) is 30.8 Å². The van der Waals surface area contributed by atoms with Gasteiger partial charge in [-0.05, 0) is 56.0 Å². The number of hydrogen-bond acceptors (Lipinski definition) is 3. The fourth-order valence-corrected chi connectivity index (χ4v) is 2.42. The number of nitrogens with one attached hydrogen (secondary N) is 1. The van der Waals surface area contributed by atoms with E-state index in [2.05, 4.69) is 5.32 Å². The van der Waals surface area contributed by atoms with Crippen LogP contribution in [0.3, 0.4) is 0 Å². The first-order valence-electron chi connectivity index (χ1n) is 6.32. The fourth-order valence-electron chi connectivity index (χ4n) is 2.42. The quantitative estimate of drug-likeness (QED) is 0.840. The van der Waals surface area contributed by atoms with Crippen LogP contribution in [0, 0.1) is 5.92 Å². The number of methoxy groups -OCH3 is 1. The highest BCUT2D eigenvalue weighted by Gasteiger charge is 2.18. The van der Waals surface area contributed by atoms with Gasteiger partial charge in [0, 0.05) is 0 Å². The van der Waals surface area contributed by atoms with Crippen LogP contribution in [-0.4, -0.2) is 25.3 Å². The van der Waals surface area contributed by atoms with E-state index >= 15 is 0 Å². The van der Waals surface area contributed by atoms with Gasteiger partial charge >= 0.3 is 0 Å². The zero-order valence-electron chi connectivity index (χ0n) is 10.4. The first kappa shape index (κ1) is 12.4. The van der Waals surface area contributed by atoms with Gasteiger partial charge in [0.1, 0.15) is 5.75 Å². The minimum absolute atomic E-state index is 0.367. The van der Waals surface area contributed by atoms with Crippen molar-refractivity contribution in [3.05, 3.63) is 29.8 Å². The van der Waals surface area contributed by atoms with Gasteiger partial charge in [-0.25, -0.2) is 0 Å². The Hall–Kier alpha value is -1.06. The highest BCUT2D eigenvalue weighted by molar-refractivity contribution is 5.29. The molecular formula is C14H21NO2. The van der Waals surface area contributed by atoms with Crippen LogP contribution in [0.2, 0.25) is 0 Å². The molecular weight excluding hydrogens is 214 g/mol. The molecule has 1 aliphatic heterocycles. The van der Waals surface area contributed by atoms with Crippen molar-refractivity contribution in [3.63, 3.8) is 0 Å². The molecule has 94 valence electrons. The van der Waals surface area contributed by atoms with Crippen molar-refractivity contribution in [2.75, 3.05) is 20.2 Å². The number of piperidine rings is 1. The molecule has 1 atom stereocenters. The van der Waals surface area contributed by atoms with Crippen LogP contribution in [0.15, 0.2) is 24.3 Å². The van der Waals surface area contributed by atoms with Gasteiger partial charge in [-0.3, -0.25) is 0 Å². The van der Waals surface area contributed by atoms with Crippen LogP contribution in [0.25, 0.3) is 0 Å². The molecule has 0 bridgehead atoms. The van der Waals surface area contributed by atoms with Gasteiger partial charge < -0.3 is 15.2 Å². The normalized spacial score (nSPS) is 18.9. The van der Waals surface area contributed by atoms with Crippen LogP contribution in [0.5, 0.6) is 5.75 Å². The first-order valence-corrected chi connectivity index (χ1v) is 6.32. The van der Waals surface area contributed by atoms with Crippen LogP contribution in [0.1, 0.15) is 30.9 Å². The third-order valence-electron chi connectivity index (χ3n) is 3.49. The standard InChI is InChI=1S/C14H21NO2/c1-17-13-4-2-3-12(10-13)14(16)9-11-5-7-15-8-6-11/h2-4,10-11,14-16H,5-9H2,1H3. The van der Waals surface area contributed by atoms with Crippen molar-refractivity contribution in [2.45, 2.75) is 25.4 Å². The molecule has 17 heavy (non-hydrogen) atoms. The maximum atomic E-state index is 10.2. The maximum Gasteiger partial charge on any atom is 0.119 e. The SMILES string of the molecule is COc1cccc(C(O)CC2CCNCC2)c1.